The van der Waals surface area contributed by atoms with Gasteiger partial charge in [-0.05, 0) is 48.9 Å². The molecule has 0 bridgehead atoms. The molecule has 1 atom stereocenters. The van der Waals surface area contributed by atoms with Crippen LogP contribution < -0.4 is 10.1 Å². The second-order valence-electron chi connectivity index (χ2n) is 7.22. The predicted octanol–water partition coefficient (Wildman–Crippen LogP) is 3.92. The van der Waals surface area contributed by atoms with Gasteiger partial charge in [0.2, 0.25) is 17.6 Å². The highest BCUT2D eigenvalue weighted by molar-refractivity contribution is 5.76. The van der Waals surface area contributed by atoms with E-state index in [1.165, 1.54) is 0 Å². The number of carbonyl (C=O) groups excluding carboxylic acids is 1. The first kappa shape index (κ1) is 21.2. The number of rotatable bonds is 9. The number of nitrogens with one attached hydrogen (secondary N) is 1. The van der Waals surface area contributed by atoms with Gasteiger partial charge in [-0.3, -0.25) is 14.8 Å². The quantitative estimate of drug-likeness (QED) is 0.430. The number of benzene rings is 1. The summed E-state index contributed by atoms with van der Waals surface area (Å²) in [7, 11) is 0. The molecular weight excluding hydrogens is 406 g/mol. The van der Waals surface area contributed by atoms with Crippen LogP contribution in [-0.4, -0.2) is 26.0 Å². The first-order valence-corrected chi connectivity index (χ1v) is 10.3. The van der Waals surface area contributed by atoms with Gasteiger partial charge in [-0.15, -0.1) is 0 Å². The molecule has 162 valence electrons. The first-order chi connectivity index (χ1) is 15.7. The maximum atomic E-state index is 12.4. The second-order valence-corrected chi connectivity index (χ2v) is 7.22. The molecule has 8 heteroatoms. The second kappa shape index (κ2) is 10.3. The van der Waals surface area contributed by atoms with Crippen LogP contribution in [0.3, 0.4) is 0 Å². The summed E-state index contributed by atoms with van der Waals surface area (Å²) >= 11 is 0. The fourth-order valence-electron chi connectivity index (χ4n) is 3.10. The molecule has 3 heterocycles. The summed E-state index contributed by atoms with van der Waals surface area (Å²) in [4.78, 5) is 25.0. The fraction of sp³-hybridized carbons (Fsp3) is 0.208. The molecule has 0 fully saturated rings. The molecule has 1 amide bonds. The highest BCUT2D eigenvalue weighted by Crippen LogP contribution is 2.20. The maximum Gasteiger partial charge on any atom is 0.227 e. The van der Waals surface area contributed by atoms with Crippen LogP contribution >= 0.6 is 0 Å². The molecule has 1 N–H and O–H groups in total. The summed E-state index contributed by atoms with van der Waals surface area (Å²) < 4.78 is 11.1. The van der Waals surface area contributed by atoms with Crippen molar-refractivity contribution in [3.8, 4) is 17.1 Å². The summed E-state index contributed by atoms with van der Waals surface area (Å²) in [5.41, 5.74) is 2.58. The Balaban J connectivity index is 1.28. The molecule has 0 radical (unpaired) electrons. The van der Waals surface area contributed by atoms with E-state index in [1.54, 1.807) is 24.7 Å². The highest BCUT2D eigenvalue weighted by Gasteiger charge is 2.14. The van der Waals surface area contributed by atoms with Crippen molar-refractivity contribution >= 4 is 5.91 Å². The van der Waals surface area contributed by atoms with Gasteiger partial charge in [-0.1, -0.05) is 23.4 Å². The molecule has 3 aromatic heterocycles. The fourth-order valence-corrected chi connectivity index (χ4v) is 3.10. The van der Waals surface area contributed by atoms with E-state index < -0.39 is 0 Å². The standard InChI is InChI=1S/C24H23N5O3/c1-17(18-6-4-9-21(14-18)31-16-20-8-2-3-13-26-20)27-22(30)10-11-23-28-24(29-32-23)19-7-5-12-25-15-19/h2-9,12-15,17H,10-11,16H2,1H3,(H,27,30). The van der Waals surface area contributed by atoms with Crippen LogP contribution in [0.2, 0.25) is 0 Å². The largest absolute Gasteiger partial charge is 0.487 e. The summed E-state index contributed by atoms with van der Waals surface area (Å²) in [6.07, 6.45) is 5.68. The summed E-state index contributed by atoms with van der Waals surface area (Å²) in [5.74, 6) is 1.50. The molecule has 8 nitrogen and oxygen atoms in total. The topological polar surface area (TPSA) is 103 Å². The van der Waals surface area contributed by atoms with Crippen LogP contribution in [0.4, 0.5) is 0 Å². The molecule has 4 rings (SSSR count). The summed E-state index contributed by atoms with van der Waals surface area (Å²) in [6, 6.07) is 16.9. The number of amides is 1. The van der Waals surface area contributed by atoms with Crippen molar-refractivity contribution < 1.29 is 14.1 Å². The maximum absolute atomic E-state index is 12.4. The van der Waals surface area contributed by atoms with E-state index in [4.69, 9.17) is 9.26 Å². The SMILES string of the molecule is CC(NC(=O)CCc1nc(-c2cccnc2)no1)c1cccc(OCc2ccccn2)c1. The summed E-state index contributed by atoms with van der Waals surface area (Å²) in [5, 5.41) is 6.94. The van der Waals surface area contributed by atoms with Gasteiger partial charge >= 0.3 is 0 Å². The molecular formula is C24H23N5O3. The lowest BCUT2D eigenvalue weighted by Crippen LogP contribution is -2.26. The Bertz CT molecular complexity index is 1150. The number of ether oxygens (including phenoxy) is 1. The highest BCUT2D eigenvalue weighted by atomic mass is 16.5. The van der Waals surface area contributed by atoms with Crippen molar-refractivity contribution in [3.63, 3.8) is 0 Å². The molecule has 0 saturated carbocycles. The molecule has 1 unspecified atom stereocenters. The van der Waals surface area contributed by atoms with E-state index in [0.29, 0.717) is 24.7 Å². The van der Waals surface area contributed by atoms with Crippen LogP contribution in [0.25, 0.3) is 11.4 Å². The number of nitrogens with zero attached hydrogens (tertiary/aromatic N) is 4. The molecule has 0 aliphatic heterocycles. The number of aromatic nitrogens is 4. The van der Waals surface area contributed by atoms with Gasteiger partial charge in [-0.2, -0.15) is 4.98 Å². The Hall–Kier alpha value is -4.07. The van der Waals surface area contributed by atoms with E-state index in [1.807, 2.05) is 55.5 Å². The minimum absolute atomic E-state index is 0.0987. The van der Waals surface area contributed by atoms with Crippen LogP contribution in [0.1, 0.15) is 36.5 Å². The molecule has 0 spiro atoms. The lowest BCUT2D eigenvalue weighted by Gasteiger charge is -2.15. The van der Waals surface area contributed by atoms with E-state index >= 15 is 0 Å². The van der Waals surface area contributed by atoms with Crippen molar-refractivity contribution in [1.82, 2.24) is 25.4 Å². The molecule has 32 heavy (non-hydrogen) atoms. The van der Waals surface area contributed by atoms with Gasteiger partial charge < -0.3 is 14.6 Å². The van der Waals surface area contributed by atoms with Gasteiger partial charge in [-0.25, -0.2) is 0 Å². The number of pyridine rings is 2. The number of aryl methyl sites for hydroxylation is 1. The minimum Gasteiger partial charge on any atom is -0.487 e. The van der Waals surface area contributed by atoms with Gasteiger partial charge in [0.1, 0.15) is 12.4 Å². The van der Waals surface area contributed by atoms with Crippen molar-refractivity contribution in [2.45, 2.75) is 32.4 Å². The molecule has 0 saturated heterocycles. The third-order valence-corrected chi connectivity index (χ3v) is 4.80. The average molecular weight is 429 g/mol. The number of hydrogen-bond acceptors (Lipinski definition) is 7. The molecule has 4 aromatic rings. The van der Waals surface area contributed by atoms with E-state index in [-0.39, 0.29) is 18.4 Å². The van der Waals surface area contributed by atoms with Gasteiger partial charge in [0.15, 0.2) is 0 Å². The zero-order valence-corrected chi connectivity index (χ0v) is 17.6. The Morgan fingerprint density at radius 2 is 2.06 bits per heavy atom. The zero-order valence-electron chi connectivity index (χ0n) is 17.6. The Labute approximate surface area is 185 Å². The van der Waals surface area contributed by atoms with Crippen molar-refractivity contribution in [2.24, 2.45) is 0 Å². The van der Waals surface area contributed by atoms with Gasteiger partial charge in [0.05, 0.1) is 11.7 Å². The first-order valence-electron chi connectivity index (χ1n) is 10.3. The Morgan fingerprint density at radius 3 is 2.88 bits per heavy atom. The summed E-state index contributed by atoms with van der Waals surface area (Å²) in [6.45, 7) is 2.32. The predicted molar refractivity (Wildman–Crippen MR) is 117 cm³/mol. The van der Waals surface area contributed by atoms with Gasteiger partial charge in [0.25, 0.3) is 0 Å². The van der Waals surface area contributed by atoms with E-state index in [9.17, 15) is 4.79 Å². The molecule has 0 aliphatic rings. The van der Waals surface area contributed by atoms with Crippen LogP contribution in [-0.2, 0) is 17.8 Å². The van der Waals surface area contributed by atoms with E-state index in [0.717, 1.165) is 22.6 Å². The van der Waals surface area contributed by atoms with Crippen LogP contribution in [0.5, 0.6) is 5.75 Å². The lowest BCUT2D eigenvalue weighted by atomic mass is 10.1. The zero-order chi connectivity index (χ0) is 22.2. The monoisotopic (exact) mass is 429 g/mol. The number of carbonyl (C=O) groups is 1. The normalized spacial score (nSPS) is 11.7. The van der Waals surface area contributed by atoms with Crippen LogP contribution in [0, 0.1) is 0 Å². The van der Waals surface area contributed by atoms with Gasteiger partial charge in [0, 0.05) is 37.0 Å². The molecule has 0 aliphatic carbocycles. The number of hydrogen-bond donors (Lipinski definition) is 1. The third kappa shape index (κ3) is 5.75. The van der Waals surface area contributed by atoms with Crippen molar-refractivity contribution in [3.05, 3.63) is 90.3 Å². The average Bonchev–Trinajstić information content (AvgIpc) is 3.32. The smallest absolute Gasteiger partial charge is 0.227 e. The Kier molecular flexibility index (Phi) is 6.81. The Morgan fingerprint density at radius 1 is 1.12 bits per heavy atom. The van der Waals surface area contributed by atoms with Crippen molar-refractivity contribution in [1.29, 1.82) is 0 Å². The molecule has 1 aromatic carbocycles. The van der Waals surface area contributed by atoms with Crippen LogP contribution in [0.15, 0.2) is 77.7 Å². The minimum atomic E-state index is -0.172. The lowest BCUT2D eigenvalue weighted by molar-refractivity contribution is -0.121. The van der Waals surface area contributed by atoms with E-state index in [2.05, 4.69) is 25.4 Å². The third-order valence-electron chi connectivity index (χ3n) is 4.80. The van der Waals surface area contributed by atoms with Crippen molar-refractivity contribution in [2.75, 3.05) is 0 Å².